The first-order chi connectivity index (χ1) is 8.58. The molecule has 0 radical (unpaired) electrons. The number of aromatic hydroxyl groups is 1. The van der Waals surface area contributed by atoms with Crippen molar-refractivity contribution in [1.82, 2.24) is 5.32 Å². The summed E-state index contributed by atoms with van der Waals surface area (Å²) in [6.07, 6.45) is 3.09. The molecule has 0 saturated heterocycles. The molecule has 0 aliphatic heterocycles. The van der Waals surface area contributed by atoms with Gasteiger partial charge < -0.3 is 16.2 Å². The van der Waals surface area contributed by atoms with Crippen molar-refractivity contribution in [2.75, 3.05) is 6.54 Å². The van der Waals surface area contributed by atoms with Crippen molar-refractivity contribution in [3.05, 3.63) is 29.6 Å². The minimum atomic E-state index is -0.568. The van der Waals surface area contributed by atoms with Gasteiger partial charge in [0.05, 0.1) is 5.56 Å². The van der Waals surface area contributed by atoms with Gasteiger partial charge in [0.2, 0.25) is 0 Å². The molecular weight excluding hydrogens is 235 g/mol. The maximum atomic E-state index is 12.8. The van der Waals surface area contributed by atoms with Crippen molar-refractivity contribution in [3.8, 4) is 5.75 Å². The van der Waals surface area contributed by atoms with Crippen LogP contribution in [0, 0.1) is 11.7 Å². The Balaban J connectivity index is 1.95. The van der Waals surface area contributed by atoms with Crippen LogP contribution in [-0.2, 0) is 0 Å². The molecule has 2 atom stereocenters. The van der Waals surface area contributed by atoms with E-state index in [2.05, 4.69) is 5.32 Å². The van der Waals surface area contributed by atoms with E-state index in [9.17, 15) is 14.3 Å². The second-order valence-electron chi connectivity index (χ2n) is 4.73. The summed E-state index contributed by atoms with van der Waals surface area (Å²) in [5, 5.41) is 12.2. The number of hydrogen-bond acceptors (Lipinski definition) is 3. The molecule has 4 nitrogen and oxygen atoms in total. The Labute approximate surface area is 105 Å². The average Bonchev–Trinajstić information content (AvgIpc) is 2.72. The molecule has 5 heteroatoms. The molecule has 0 bridgehead atoms. The van der Waals surface area contributed by atoms with E-state index in [1.54, 1.807) is 0 Å². The van der Waals surface area contributed by atoms with Gasteiger partial charge in [0.1, 0.15) is 11.6 Å². The van der Waals surface area contributed by atoms with Crippen LogP contribution in [0.15, 0.2) is 18.2 Å². The first-order valence-corrected chi connectivity index (χ1v) is 6.10. The van der Waals surface area contributed by atoms with Crippen molar-refractivity contribution in [1.29, 1.82) is 0 Å². The molecule has 1 aliphatic carbocycles. The summed E-state index contributed by atoms with van der Waals surface area (Å²) < 4.78 is 12.8. The molecule has 1 aliphatic rings. The van der Waals surface area contributed by atoms with E-state index in [0.29, 0.717) is 6.54 Å². The number of nitrogens with one attached hydrogen (secondary N) is 1. The van der Waals surface area contributed by atoms with E-state index in [-0.39, 0.29) is 23.3 Å². The van der Waals surface area contributed by atoms with E-state index in [0.717, 1.165) is 31.4 Å². The zero-order valence-electron chi connectivity index (χ0n) is 10.0. The number of halogens is 1. The smallest absolute Gasteiger partial charge is 0.255 e. The van der Waals surface area contributed by atoms with Crippen molar-refractivity contribution < 1.29 is 14.3 Å². The zero-order chi connectivity index (χ0) is 13.1. The van der Waals surface area contributed by atoms with Gasteiger partial charge in [-0.1, -0.05) is 6.42 Å². The van der Waals surface area contributed by atoms with Gasteiger partial charge >= 0.3 is 0 Å². The van der Waals surface area contributed by atoms with Gasteiger partial charge in [-0.15, -0.1) is 0 Å². The third-order valence-corrected chi connectivity index (χ3v) is 3.45. The zero-order valence-corrected chi connectivity index (χ0v) is 10.0. The lowest BCUT2D eigenvalue weighted by Crippen LogP contribution is -2.36. The Bertz CT molecular complexity index is 451. The van der Waals surface area contributed by atoms with Crippen molar-refractivity contribution in [3.63, 3.8) is 0 Å². The van der Waals surface area contributed by atoms with E-state index >= 15 is 0 Å². The fourth-order valence-electron chi connectivity index (χ4n) is 2.33. The SMILES string of the molecule is NC1CCCC1CNC(=O)c1ccc(F)cc1O. The fourth-order valence-corrected chi connectivity index (χ4v) is 2.33. The van der Waals surface area contributed by atoms with Gasteiger partial charge in [0, 0.05) is 18.7 Å². The monoisotopic (exact) mass is 252 g/mol. The predicted octanol–water partition coefficient (Wildman–Crippen LogP) is 1.39. The van der Waals surface area contributed by atoms with Crippen LogP contribution in [0.5, 0.6) is 5.75 Å². The van der Waals surface area contributed by atoms with Crippen LogP contribution >= 0.6 is 0 Å². The molecule has 0 spiro atoms. The maximum absolute atomic E-state index is 12.8. The second-order valence-corrected chi connectivity index (χ2v) is 4.73. The molecule has 0 aromatic heterocycles. The quantitative estimate of drug-likeness (QED) is 0.761. The number of phenolic OH excluding ortho intramolecular Hbond substituents is 1. The van der Waals surface area contributed by atoms with Gasteiger partial charge in [-0.05, 0) is 30.9 Å². The molecule has 4 N–H and O–H groups in total. The summed E-state index contributed by atoms with van der Waals surface area (Å²) >= 11 is 0. The van der Waals surface area contributed by atoms with E-state index < -0.39 is 11.7 Å². The maximum Gasteiger partial charge on any atom is 0.255 e. The summed E-state index contributed by atoms with van der Waals surface area (Å²) in [6.45, 7) is 0.497. The number of amides is 1. The number of nitrogens with two attached hydrogens (primary N) is 1. The highest BCUT2D eigenvalue weighted by molar-refractivity contribution is 5.96. The Kier molecular flexibility index (Phi) is 3.81. The number of carbonyl (C=O) groups is 1. The molecule has 18 heavy (non-hydrogen) atoms. The van der Waals surface area contributed by atoms with Gasteiger partial charge in [0.25, 0.3) is 5.91 Å². The first-order valence-electron chi connectivity index (χ1n) is 6.10. The largest absolute Gasteiger partial charge is 0.507 e. The fraction of sp³-hybridized carbons (Fsp3) is 0.462. The molecule has 2 rings (SSSR count). The van der Waals surface area contributed by atoms with Gasteiger partial charge in [-0.3, -0.25) is 4.79 Å². The van der Waals surface area contributed by atoms with Crippen molar-refractivity contribution in [2.24, 2.45) is 11.7 Å². The molecule has 1 aromatic rings. The highest BCUT2D eigenvalue weighted by Gasteiger charge is 2.24. The highest BCUT2D eigenvalue weighted by Crippen LogP contribution is 2.23. The predicted molar refractivity (Wildman–Crippen MR) is 65.7 cm³/mol. The first kappa shape index (κ1) is 12.8. The van der Waals surface area contributed by atoms with E-state index in [4.69, 9.17) is 5.73 Å². The summed E-state index contributed by atoms with van der Waals surface area (Å²) in [7, 11) is 0. The minimum absolute atomic E-state index is 0.0861. The molecule has 0 heterocycles. The van der Waals surface area contributed by atoms with Crippen molar-refractivity contribution in [2.45, 2.75) is 25.3 Å². The van der Waals surface area contributed by atoms with Crippen LogP contribution in [-0.4, -0.2) is 23.6 Å². The Hall–Kier alpha value is -1.62. The Morgan fingerprint density at radius 2 is 2.28 bits per heavy atom. The average molecular weight is 252 g/mol. The van der Waals surface area contributed by atoms with Crippen LogP contribution in [0.4, 0.5) is 4.39 Å². The summed E-state index contributed by atoms with van der Waals surface area (Å²) in [5.41, 5.74) is 5.99. The number of rotatable bonds is 3. The topological polar surface area (TPSA) is 75.3 Å². The molecule has 1 aromatic carbocycles. The van der Waals surface area contributed by atoms with E-state index in [1.165, 1.54) is 6.07 Å². The molecule has 1 fully saturated rings. The van der Waals surface area contributed by atoms with Gasteiger partial charge in [-0.25, -0.2) is 4.39 Å². The standard InChI is InChI=1S/C13H17FN2O2/c14-9-4-5-10(12(17)6-9)13(18)16-7-8-2-1-3-11(8)15/h4-6,8,11,17H,1-3,7,15H2,(H,16,18). The molecule has 2 unspecified atom stereocenters. The van der Waals surface area contributed by atoms with E-state index in [1.807, 2.05) is 0 Å². The summed E-state index contributed by atoms with van der Waals surface area (Å²) in [6, 6.07) is 3.48. The Morgan fingerprint density at radius 3 is 2.89 bits per heavy atom. The van der Waals surface area contributed by atoms with Crippen LogP contribution in [0.1, 0.15) is 29.6 Å². The van der Waals surface area contributed by atoms with Crippen LogP contribution in [0.3, 0.4) is 0 Å². The summed E-state index contributed by atoms with van der Waals surface area (Å²) in [5.74, 6) is -1.02. The molecule has 1 saturated carbocycles. The molecule has 98 valence electrons. The van der Waals surface area contributed by atoms with Crippen LogP contribution in [0.25, 0.3) is 0 Å². The van der Waals surface area contributed by atoms with Gasteiger partial charge in [-0.2, -0.15) is 0 Å². The lowest BCUT2D eigenvalue weighted by Gasteiger charge is -2.16. The van der Waals surface area contributed by atoms with Crippen LogP contribution in [0.2, 0.25) is 0 Å². The molecule has 1 amide bonds. The third kappa shape index (κ3) is 2.79. The second kappa shape index (κ2) is 5.35. The number of benzene rings is 1. The number of carbonyl (C=O) groups excluding carboxylic acids is 1. The van der Waals surface area contributed by atoms with Crippen LogP contribution < -0.4 is 11.1 Å². The van der Waals surface area contributed by atoms with Crippen molar-refractivity contribution >= 4 is 5.91 Å². The number of hydrogen-bond donors (Lipinski definition) is 3. The van der Waals surface area contributed by atoms with Gasteiger partial charge in [0.15, 0.2) is 0 Å². The minimum Gasteiger partial charge on any atom is -0.507 e. The Morgan fingerprint density at radius 1 is 1.50 bits per heavy atom. The third-order valence-electron chi connectivity index (χ3n) is 3.45. The lowest BCUT2D eigenvalue weighted by atomic mass is 10.0. The number of phenols is 1. The summed E-state index contributed by atoms with van der Waals surface area (Å²) in [4.78, 5) is 11.8. The normalized spacial score (nSPS) is 23.0. The molecular formula is C13H17FN2O2. The lowest BCUT2D eigenvalue weighted by molar-refractivity contribution is 0.0944. The highest BCUT2D eigenvalue weighted by atomic mass is 19.1.